The van der Waals surface area contributed by atoms with Gasteiger partial charge in [-0.1, -0.05) is 19.0 Å². The van der Waals surface area contributed by atoms with Crippen LogP contribution in [-0.2, 0) is 23.9 Å². The lowest BCUT2D eigenvalue weighted by Crippen LogP contribution is -2.56. The second kappa shape index (κ2) is 10.9. The van der Waals surface area contributed by atoms with Gasteiger partial charge >= 0.3 is 0 Å². The molecule has 2 heterocycles. The molecule has 0 aromatic heterocycles. The molecule has 0 radical (unpaired) electrons. The van der Waals surface area contributed by atoms with Crippen LogP contribution in [0, 0.1) is 5.41 Å². The molecule has 0 saturated carbocycles. The van der Waals surface area contributed by atoms with Gasteiger partial charge in [0.25, 0.3) is 0 Å². The highest BCUT2D eigenvalue weighted by Gasteiger charge is 2.41. The van der Waals surface area contributed by atoms with Crippen molar-refractivity contribution in [2.45, 2.75) is 104 Å². The van der Waals surface area contributed by atoms with E-state index in [0.717, 1.165) is 32.5 Å². The number of hydroxylamine groups is 2. The van der Waals surface area contributed by atoms with E-state index < -0.39 is 5.54 Å². The second-order valence-electron chi connectivity index (χ2n) is 11.7. The minimum atomic E-state index is -0.414. The summed E-state index contributed by atoms with van der Waals surface area (Å²) in [6.45, 7) is 20.4. The molecule has 0 spiro atoms. The van der Waals surface area contributed by atoms with E-state index in [1.807, 2.05) is 20.9 Å². The molecule has 9 heteroatoms. The molecule has 2 fully saturated rings. The average molecular weight is 461 g/mol. The van der Waals surface area contributed by atoms with Crippen LogP contribution in [0.2, 0.25) is 0 Å². The predicted octanol–water partition coefficient (Wildman–Crippen LogP) is 2.81. The van der Waals surface area contributed by atoms with Crippen LogP contribution in [0.25, 0.3) is 0 Å². The van der Waals surface area contributed by atoms with Gasteiger partial charge in [0, 0.05) is 33.2 Å². The molecular formula is C23H48N4O5. The Balaban J connectivity index is 1.74. The Morgan fingerprint density at radius 2 is 1.53 bits per heavy atom. The third-order valence-corrected chi connectivity index (χ3v) is 6.29. The Morgan fingerprint density at radius 3 is 2.06 bits per heavy atom. The SMILES string of the molecule is CNN(CC(C)(C)CCOC(C)(C)C1CO1)ON(N)C(C)(C)CCOC(C)(C)CC1CO1. The van der Waals surface area contributed by atoms with Crippen LogP contribution in [0.3, 0.4) is 0 Å². The van der Waals surface area contributed by atoms with Crippen molar-refractivity contribution < 1.29 is 23.9 Å². The van der Waals surface area contributed by atoms with Crippen LogP contribution in [0.1, 0.15) is 74.7 Å². The van der Waals surface area contributed by atoms with Crippen molar-refractivity contribution in [3.05, 3.63) is 0 Å². The Labute approximate surface area is 195 Å². The fourth-order valence-corrected chi connectivity index (χ4v) is 3.45. The zero-order valence-electron chi connectivity index (χ0n) is 21.8. The lowest BCUT2D eigenvalue weighted by Gasteiger charge is -2.39. The van der Waals surface area contributed by atoms with Crippen molar-refractivity contribution in [3.63, 3.8) is 0 Å². The summed E-state index contributed by atoms with van der Waals surface area (Å²) in [5.41, 5.74) is 2.18. The van der Waals surface area contributed by atoms with Crippen LogP contribution in [0.4, 0.5) is 0 Å². The first kappa shape index (κ1) is 27.9. The highest BCUT2D eigenvalue weighted by molar-refractivity contribution is 4.88. The van der Waals surface area contributed by atoms with Crippen molar-refractivity contribution in [1.82, 2.24) is 15.8 Å². The van der Waals surface area contributed by atoms with Gasteiger partial charge in [-0.05, 0) is 59.8 Å². The molecule has 0 bridgehead atoms. The molecular weight excluding hydrogens is 412 g/mol. The molecule has 3 N–H and O–H groups in total. The van der Waals surface area contributed by atoms with Crippen molar-refractivity contribution >= 4 is 0 Å². The summed E-state index contributed by atoms with van der Waals surface area (Å²) >= 11 is 0. The highest BCUT2D eigenvalue weighted by atomic mass is 16.9. The van der Waals surface area contributed by atoms with E-state index in [0.29, 0.717) is 25.9 Å². The summed E-state index contributed by atoms with van der Waals surface area (Å²) in [6.07, 6.45) is 3.08. The second-order valence-corrected chi connectivity index (χ2v) is 11.7. The van der Waals surface area contributed by atoms with Crippen LogP contribution in [0.15, 0.2) is 0 Å². The Kier molecular flexibility index (Phi) is 9.52. The van der Waals surface area contributed by atoms with Crippen LogP contribution >= 0.6 is 0 Å². The molecule has 0 amide bonds. The topological polar surface area (TPSA) is 97.3 Å². The fraction of sp³-hybridized carbons (Fsp3) is 1.00. The quantitative estimate of drug-likeness (QED) is 0.193. The molecule has 0 aromatic rings. The highest BCUT2D eigenvalue weighted by Crippen LogP contribution is 2.30. The minimum Gasteiger partial charge on any atom is -0.375 e. The number of nitrogens with two attached hydrogens (primary N) is 1. The monoisotopic (exact) mass is 460 g/mol. The van der Waals surface area contributed by atoms with Gasteiger partial charge in [0.2, 0.25) is 0 Å². The molecule has 2 unspecified atom stereocenters. The smallest absolute Gasteiger partial charge is 0.109 e. The Morgan fingerprint density at radius 1 is 0.938 bits per heavy atom. The van der Waals surface area contributed by atoms with E-state index in [2.05, 4.69) is 47.0 Å². The van der Waals surface area contributed by atoms with E-state index in [1.165, 1.54) is 5.17 Å². The maximum absolute atomic E-state index is 6.30. The zero-order valence-corrected chi connectivity index (χ0v) is 21.8. The summed E-state index contributed by atoms with van der Waals surface area (Å²) in [4.78, 5) is 5.95. The zero-order chi connectivity index (χ0) is 24.2. The van der Waals surface area contributed by atoms with Gasteiger partial charge in [-0.3, -0.25) is 0 Å². The molecule has 2 saturated heterocycles. The van der Waals surface area contributed by atoms with Crippen molar-refractivity contribution in [3.8, 4) is 0 Å². The van der Waals surface area contributed by atoms with E-state index >= 15 is 0 Å². The molecule has 2 aliphatic rings. The fourth-order valence-electron chi connectivity index (χ4n) is 3.45. The van der Waals surface area contributed by atoms with E-state index in [1.54, 1.807) is 5.17 Å². The summed E-state index contributed by atoms with van der Waals surface area (Å²) < 4.78 is 22.9. The van der Waals surface area contributed by atoms with E-state index in [4.69, 9.17) is 29.7 Å². The summed E-state index contributed by atoms with van der Waals surface area (Å²) in [7, 11) is 1.83. The minimum absolute atomic E-state index is 0.0491. The number of hydrogen-bond acceptors (Lipinski definition) is 9. The summed E-state index contributed by atoms with van der Waals surface area (Å²) in [5, 5.41) is 3.08. The summed E-state index contributed by atoms with van der Waals surface area (Å²) in [5.74, 6) is 6.30. The normalized spacial score (nSPS) is 22.1. The van der Waals surface area contributed by atoms with Crippen LogP contribution < -0.4 is 11.3 Å². The van der Waals surface area contributed by atoms with Crippen LogP contribution in [-0.4, -0.2) is 79.3 Å². The van der Waals surface area contributed by atoms with Crippen LogP contribution in [0.5, 0.6) is 0 Å². The first-order chi connectivity index (χ1) is 14.7. The molecule has 0 aliphatic carbocycles. The van der Waals surface area contributed by atoms with Gasteiger partial charge in [0.15, 0.2) is 0 Å². The van der Waals surface area contributed by atoms with Gasteiger partial charge in [-0.2, -0.15) is 4.94 Å². The van der Waals surface area contributed by atoms with Crippen molar-refractivity contribution in [2.24, 2.45) is 11.3 Å². The van der Waals surface area contributed by atoms with Gasteiger partial charge in [-0.15, -0.1) is 5.17 Å². The van der Waals surface area contributed by atoms with Gasteiger partial charge in [0.1, 0.15) is 6.10 Å². The molecule has 9 nitrogen and oxygen atoms in total. The third kappa shape index (κ3) is 9.87. The van der Waals surface area contributed by atoms with Gasteiger partial charge in [0.05, 0.1) is 36.1 Å². The molecule has 2 rings (SSSR count). The lowest BCUT2D eigenvalue weighted by atomic mass is 9.90. The molecule has 32 heavy (non-hydrogen) atoms. The predicted molar refractivity (Wildman–Crippen MR) is 124 cm³/mol. The van der Waals surface area contributed by atoms with Crippen molar-refractivity contribution in [2.75, 3.05) is 40.0 Å². The maximum Gasteiger partial charge on any atom is 0.109 e. The third-order valence-electron chi connectivity index (χ3n) is 6.29. The van der Waals surface area contributed by atoms with E-state index in [9.17, 15) is 0 Å². The van der Waals surface area contributed by atoms with E-state index in [-0.39, 0.29) is 22.7 Å². The molecule has 2 atom stereocenters. The first-order valence-corrected chi connectivity index (χ1v) is 11.8. The lowest BCUT2D eigenvalue weighted by molar-refractivity contribution is -0.381. The Hall–Kier alpha value is -0.360. The number of epoxide rings is 2. The molecule has 2 aliphatic heterocycles. The Bertz CT molecular complexity index is 577. The average Bonchev–Trinajstić information content (AvgIpc) is 3.53. The number of ether oxygens (including phenoxy) is 4. The summed E-state index contributed by atoms with van der Waals surface area (Å²) in [6, 6.07) is 0. The molecule has 0 aromatic carbocycles. The largest absolute Gasteiger partial charge is 0.375 e. The number of hydrazine groups is 2. The standard InChI is InChI=1S/C23H48N4O5/c1-20(2,10-12-31-23(7,8)19-16-29-19)17-26(25-9)32-27(24)21(3,4)11-13-30-22(5,6)14-18-15-28-18/h18-19,25H,10-17,24H2,1-9H3. The first-order valence-electron chi connectivity index (χ1n) is 11.8. The van der Waals surface area contributed by atoms with Gasteiger partial charge in [-0.25, -0.2) is 11.3 Å². The number of hydrogen-bond donors (Lipinski definition) is 2. The van der Waals surface area contributed by atoms with Crippen molar-refractivity contribution in [1.29, 1.82) is 0 Å². The number of nitrogens with zero attached hydrogens (tertiary/aromatic N) is 2. The number of rotatable bonds is 17. The molecule has 190 valence electrons. The van der Waals surface area contributed by atoms with Gasteiger partial charge < -0.3 is 18.9 Å². The number of nitrogens with one attached hydrogen (secondary N) is 1. The maximum atomic E-state index is 6.30.